The number of aryl methyl sites for hydroxylation is 2. The van der Waals surface area contributed by atoms with Crippen molar-refractivity contribution in [3.8, 4) is 5.69 Å². The Morgan fingerprint density at radius 3 is 2.85 bits per heavy atom. The third-order valence-electron chi connectivity index (χ3n) is 5.07. The Kier molecular flexibility index (Phi) is 4.47. The van der Waals surface area contributed by atoms with Gasteiger partial charge in [0.15, 0.2) is 0 Å². The highest BCUT2D eigenvalue weighted by Crippen LogP contribution is 2.55. The van der Waals surface area contributed by atoms with Crippen LogP contribution in [0.5, 0.6) is 0 Å². The van der Waals surface area contributed by atoms with Crippen LogP contribution in [0.25, 0.3) is 5.69 Å². The Hall–Kier alpha value is -2.67. The normalized spacial score (nSPS) is 18.5. The van der Waals surface area contributed by atoms with Gasteiger partial charge in [-0.25, -0.2) is 9.48 Å². The van der Waals surface area contributed by atoms with Crippen molar-refractivity contribution in [3.63, 3.8) is 0 Å². The third-order valence-corrected chi connectivity index (χ3v) is 5.36. The Morgan fingerprint density at radius 1 is 1.37 bits per heavy atom. The molecule has 1 aliphatic carbocycles. The van der Waals surface area contributed by atoms with Gasteiger partial charge < -0.3 is 4.74 Å². The second kappa shape index (κ2) is 6.81. The van der Waals surface area contributed by atoms with Crippen LogP contribution in [0.3, 0.4) is 0 Å². The quantitative estimate of drug-likeness (QED) is 0.498. The summed E-state index contributed by atoms with van der Waals surface area (Å²) in [6.45, 7) is 2.02. The van der Waals surface area contributed by atoms with E-state index in [2.05, 4.69) is 15.4 Å². The predicted octanol–water partition coefficient (Wildman–Crippen LogP) is 3.11. The van der Waals surface area contributed by atoms with Crippen LogP contribution in [-0.4, -0.2) is 37.9 Å². The summed E-state index contributed by atoms with van der Waals surface area (Å²) in [4.78, 5) is 12.3. The standard InChI is InChI=1S/C19H20ClN5O2/c1-11-4-5-13(6-12(11)8-20)25-18(16(9-21-25)19(26)27-3)15-7-14(15)17-10-24(2)23-22-17/h4-6,9-10,14-15H,7-8H2,1-3H3. The first-order valence-electron chi connectivity index (χ1n) is 8.71. The molecule has 140 valence electrons. The Bertz CT molecular complexity index is 1010. The minimum atomic E-state index is -0.384. The van der Waals surface area contributed by atoms with Gasteiger partial charge >= 0.3 is 5.97 Å². The summed E-state index contributed by atoms with van der Waals surface area (Å²) in [7, 11) is 3.23. The summed E-state index contributed by atoms with van der Waals surface area (Å²) in [6, 6.07) is 6.02. The maximum absolute atomic E-state index is 12.3. The molecule has 0 spiro atoms. The van der Waals surface area contributed by atoms with E-state index in [9.17, 15) is 4.79 Å². The molecule has 0 radical (unpaired) electrons. The van der Waals surface area contributed by atoms with E-state index in [0.29, 0.717) is 11.4 Å². The summed E-state index contributed by atoms with van der Waals surface area (Å²) in [5.74, 6) is 0.395. The molecular formula is C19H20ClN5O2. The smallest absolute Gasteiger partial charge is 0.341 e. The molecule has 2 heterocycles. The topological polar surface area (TPSA) is 74.8 Å². The average Bonchev–Trinajstić information content (AvgIpc) is 3.13. The second-order valence-corrected chi connectivity index (χ2v) is 7.12. The van der Waals surface area contributed by atoms with Crippen LogP contribution in [-0.2, 0) is 17.7 Å². The Morgan fingerprint density at radius 2 is 2.19 bits per heavy atom. The zero-order valence-corrected chi connectivity index (χ0v) is 16.1. The number of alkyl halides is 1. The fourth-order valence-electron chi connectivity index (χ4n) is 3.48. The van der Waals surface area contributed by atoms with Gasteiger partial charge in [-0.3, -0.25) is 4.68 Å². The molecule has 0 bridgehead atoms. The summed E-state index contributed by atoms with van der Waals surface area (Å²) in [5, 5.41) is 12.7. The van der Waals surface area contributed by atoms with Crippen LogP contribution in [0.1, 0.15) is 51.1 Å². The zero-order chi connectivity index (χ0) is 19.1. The van der Waals surface area contributed by atoms with E-state index in [-0.39, 0.29) is 17.8 Å². The minimum absolute atomic E-state index is 0.138. The van der Waals surface area contributed by atoms with Gasteiger partial charge in [-0.2, -0.15) is 5.10 Å². The molecule has 0 amide bonds. The van der Waals surface area contributed by atoms with Crippen molar-refractivity contribution in [2.75, 3.05) is 7.11 Å². The molecule has 0 N–H and O–H groups in total. The number of benzene rings is 1. The molecule has 2 unspecified atom stereocenters. The molecule has 0 saturated heterocycles. The van der Waals surface area contributed by atoms with Gasteiger partial charge in [-0.1, -0.05) is 11.3 Å². The number of aromatic nitrogens is 5. The maximum Gasteiger partial charge on any atom is 0.341 e. The molecular weight excluding hydrogens is 366 g/mol. The third kappa shape index (κ3) is 3.12. The SMILES string of the molecule is COC(=O)c1cnn(-c2ccc(C)c(CCl)c2)c1C1CC1c1cn(C)nn1. The molecule has 3 aromatic rings. The number of hydrogen-bond donors (Lipinski definition) is 0. The van der Waals surface area contributed by atoms with Gasteiger partial charge in [0.2, 0.25) is 0 Å². The highest BCUT2D eigenvalue weighted by Gasteiger charge is 2.46. The minimum Gasteiger partial charge on any atom is -0.465 e. The van der Waals surface area contributed by atoms with Crippen molar-refractivity contribution < 1.29 is 9.53 Å². The average molecular weight is 386 g/mol. The molecule has 27 heavy (non-hydrogen) atoms. The lowest BCUT2D eigenvalue weighted by molar-refractivity contribution is 0.0599. The van der Waals surface area contributed by atoms with E-state index in [1.165, 1.54) is 7.11 Å². The van der Waals surface area contributed by atoms with Gasteiger partial charge in [-0.05, 0) is 36.6 Å². The van der Waals surface area contributed by atoms with E-state index < -0.39 is 0 Å². The lowest BCUT2D eigenvalue weighted by atomic mass is 10.1. The summed E-state index contributed by atoms with van der Waals surface area (Å²) in [5.41, 5.74) is 5.31. The van der Waals surface area contributed by atoms with Crippen LogP contribution in [0.15, 0.2) is 30.6 Å². The number of hydrogen-bond acceptors (Lipinski definition) is 5. The highest BCUT2D eigenvalue weighted by atomic mass is 35.5. The van der Waals surface area contributed by atoms with Crippen molar-refractivity contribution in [2.45, 2.75) is 31.1 Å². The lowest BCUT2D eigenvalue weighted by Crippen LogP contribution is -2.08. The van der Waals surface area contributed by atoms with Gasteiger partial charge in [0.05, 0.1) is 30.4 Å². The molecule has 8 heteroatoms. The zero-order valence-electron chi connectivity index (χ0n) is 15.4. The molecule has 1 aromatic carbocycles. The van der Waals surface area contributed by atoms with E-state index in [1.807, 2.05) is 43.0 Å². The van der Waals surface area contributed by atoms with Crippen LogP contribution >= 0.6 is 11.6 Å². The van der Waals surface area contributed by atoms with Gasteiger partial charge in [0, 0.05) is 31.0 Å². The van der Waals surface area contributed by atoms with Gasteiger partial charge in [0.25, 0.3) is 0 Å². The van der Waals surface area contributed by atoms with Crippen LogP contribution < -0.4 is 0 Å². The number of rotatable bonds is 5. The van der Waals surface area contributed by atoms with Crippen LogP contribution in [0.2, 0.25) is 0 Å². The van der Waals surface area contributed by atoms with E-state index in [1.54, 1.807) is 10.9 Å². The largest absolute Gasteiger partial charge is 0.465 e. The maximum atomic E-state index is 12.3. The van der Waals surface area contributed by atoms with Gasteiger partial charge in [-0.15, -0.1) is 16.7 Å². The molecule has 1 saturated carbocycles. The molecule has 4 rings (SSSR count). The molecule has 1 fully saturated rings. The molecule has 1 aliphatic rings. The van der Waals surface area contributed by atoms with Crippen molar-refractivity contribution in [1.29, 1.82) is 0 Å². The lowest BCUT2D eigenvalue weighted by Gasteiger charge is -2.11. The molecule has 0 aliphatic heterocycles. The van der Waals surface area contributed by atoms with Crippen molar-refractivity contribution >= 4 is 17.6 Å². The van der Waals surface area contributed by atoms with E-state index in [0.717, 1.165) is 34.6 Å². The van der Waals surface area contributed by atoms with Crippen LogP contribution in [0, 0.1) is 6.92 Å². The van der Waals surface area contributed by atoms with Crippen molar-refractivity contribution in [2.24, 2.45) is 7.05 Å². The number of halogens is 1. The first-order valence-corrected chi connectivity index (χ1v) is 9.25. The van der Waals surface area contributed by atoms with Crippen molar-refractivity contribution in [1.82, 2.24) is 24.8 Å². The summed E-state index contributed by atoms with van der Waals surface area (Å²) >= 11 is 6.07. The Balaban J connectivity index is 1.78. The second-order valence-electron chi connectivity index (χ2n) is 6.86. The first-order chi connectivity index (χ1) is 13.0. The highest BCUT2D eigenvalue weighted by molar-refractivity contribution is 6.17. The van der Waals surface area contributed by atoms with E-state index >= 15 is 0 Å². The molecule has 2 atom stereocenters. The fourth-order valence-corrected chi connectivity index (χ4v) is 3.77. The predicted molar refractivity (Wildman–Crippen MR) is 100 cm³/mol. The summed E-state index contributed by atoms with van der Waals surface area (Å²) in [6.07, 6.45) is 4.39. The van der Waals surface area contributed by atoms with E-state index in [4.69, 9.17) is 16.3 Å². The van der Waals surface area contributed by atoms with Crippen LogP contribution in [0.4, 0.5) is 0 Å². The first kappa shape index (κ1) is 17.7. The number of carbonyl (C=O) groups is 1. The number of carbonyl (C=O) groups excluding carboxylic acids is 1. The monoisotopic (exact) mass is 385 g/mol. The number of ether oxygens (including phenoxy) is 1. The number of methoxy groups -OCH3 is 1. The van der Waals surface area contributed by atoms with Gasteiger partial charge in [0.1, 0.15) is 5.56 Å². The number of esters is 1. The number of nitrogens with zero attached hydrogens (tertiary/aromatic N) is 5. The Labute approximate surface area is 161 Å². The summed E-state index contributed by atoms with van der Waals surface area (Å²) < 4.78 is 8.48. The molecule has 7 nitrogen and oxygen atoms in total. The fraction of sp³-hybridized carbons (Fsp3) is 0.368. The van der Waals surface area contributed by atoms with Crippen molar-refractivity contribution in [3.05, 3.63) is 58.7 Å². The molecule has 2 aromatic heterocycles.